The minimum Gasteiger partial charge on any atom is -0.305 e. The molecule has 0 aliphatic rings. The Morgan fingerprint density at radius 2 is 2.06 bits per heavy atom. The number of para-hydroxylation sites is 1. The molecule has 2 aromatic heterocycles. The molecular weight excluding hydrogens is 264 g/mol. The van der Waals surface area contributed by atoms with Gasteiger partial charge in [-0.05, 0) is 30.5 Å². The lowest BCUT2D eigenvalue weighted by molar-refractivity contribution is 1.19. The van der Waals surface area contributed by atoms with Crippen molar-refractivity contribution >= 4 is 34.0 Å². The monoisotopic (exact) mass is 274 g/mol. The molecule has 0 unspecified atom stereocenters. The molecule has 0 bridgehead atoms. The molecule has 0 aliphatic carbocycles. The van der Waals surface area contributed by atoms with Crippen LogP contribution in [0.2, 0.25) is 0 Å². The van der Waals surface area contributed by atoms with Crippen LogP contribution in [-0.2, 0) is 0 Å². The average Bonchev–Trinajstić information content (AvgIpc) is 2.87. The maximum Gasteiger partial charge on any atom is 0.259 e. The van der Waals surface area contributed by atoms with Crippen molar-refractivity contribution in [1.82, 2.24) is 9.97 Å². The van der Waals surface area contributed by atoms with Crippen LogP contribution in [0, 0.1) is 0 Å². The van der Waals surface area contributed by atoms with Gasteiger partial charge in [0.2, 0.25) is 0 Å². The normalized spacial score (nSPS) is 10.9. The number of nitrogens with zero attached hydrogens (tertiary/aromatic N) is 1. The van der Waals surface area contributed by atoms with Crippen molar-refractivity contribution in [2.24, 2.45) is 0 Å². The molecule has 3 aromatic rings. The maximum absolute atomic E-state index is 12.0. The van der Waals surface area contributed by atoms with Crippen LogP contribution in [0.4, 0.5) is 0 Å². The Morgan fingerprint density at radius 1 is 1.22 bits per heavy atom. The van der Waals surface area contributed by atoms with E-state index in [1.807, 2.05) is 36.6 Å². The summed E-state index contributed by atoms with van der Waals surface area (Å²) >= 11 is 3.32. The number of H-pyrrole nitrogens is 1. The highest BCUT2D eigenvalue weighted by Gasteiger charge is 2.07. The number of rotatable bonds is 2. The topological polar surface area (TPSA) is 45.8 Å². The molecule has 0 spiro atoms. The molecule has 1 aromatic carbocycles. The summed E-state index contributed by atoms with van der Waals surface area (Å²) < 4.78 is 1.21. The lowest BCUT2D eigenvalue weighted by Crippen LogP contribution is -2.08. The van der Waals surface area contributed by atoms with E-state index in [1.54, 1.807) is 29.2 Å². The number of thiophene rings is 1. The van der Waals surface area contributed by atoms with Crippen LogP contribution < -0.4 is 5.56 Å². The lowest BCUT2D eigenvalue weighted by atomic mass is 10.2. The van der Waals surface area contributed by atoms with Crippen molar-refractivity contribution < 1.29 is 0 Å². The molecule has 0 fully saturated rings. The fraction of sp³-hybridized carbons (Fsp3) is 0.0769. The predicted octanol–water partition coefficient (Wildman–Crippen LogP) is 3.37. The summed E-state index contributed by atoms with van der Waals surface area (Å²) in [6.45, 7) is 0. The average molecular weight is 274 g/mol. The highest BCUT2D eigenvalue weighted by atomic mass is 32.2. The van der Waals surface area contributed by atoms with E-state index in [-0.39, 0.29) is 5.56 Å². The fourth-order valence-electron chi connectivity index (χ4n) is 1.76. The van der Waals surface area contributed by atoms with Crippen LogP contribution >= 0.6 is 23.1 Å². The molecule has 3 nitrogen and oxygen atoms in total. The molecule has 1 N–H and O–H groups in total. The Balaban J connectivity index is 2.21. The predicted molar refractivity (Wildman–Crippen MR) is 77.5 cm³/mol. The Bertz CT molecular complexity index is 761. The third-order valence-corrected chi connectivity index (χ3v) is 4.80. The number of aromatic nitrogens is 2. The van der Waals surface area contributed by atoms with Crippen LogP contribution in [0.3, 0.4) is 0 Å². The number of hydrogen-bond acceptors (Lipinski definition) is 4. The van der Waals surface area contributed by atoms with Gasteiger partial charge in [-0.3, -0.25) is 4.79 Å². The first-order valence-electron chi connectivity index (χ1n) is 5.41. The molecule has 0 aliphatic heterocycles. The zero-order valence-corrected chi connectivity index (χ0v) is 11.3. The summed E-state index contributed by atoms with van der Waals surface area (Å²) in [6, 6.07) is 11.4. The number of thioether (sulfide) groups is 1. The lowest BCUT2D eigenvalue weighted by Gasteiger charge is -2.00. The maximum atomic E-state index is 12.0. The summed E-state index contributed by atoms with van der Waals surface area (Å²) in [7, 11) is 0. The van der Waals surface area contributed by atoms with Gasteiger partial charge in [-0.2, -0.15) is 0 Å². The molecule has 18 heavy (non-hydrogen) atoms. The summed E-state index contributed by atoms with van der Waals surface area (Å²) in [5.41, 5.74) is 0.644. The fourth-order valence-corrected chi connectivity index (χ4v) is 3.25. The van der Waals surface area contributed by atoms with Crippen molar-refractivity contribution in [2.75, 3.05) is 6.26 Å². The first kappa shape index (κ1) is 11.5. The zero-order valence-electron chi connectivity index (χ0n) is 9.64. The summed E-state index contributed by atoms with van der Waals surface area (Å²) in [5.74, 6) is 0.643. The Kier molecular flexibility index (Phi) is 2.93. The quantitative estimate of drug-likeness (QED) is 0.729. The van der Waals surface area contributed by atoms with E-state index in [1.165, 1.54) is 4.21 Å². The molecule has 3 rings (SSSR count). The molecule has 0 amide bonds. The first-order valence-corrected chi connectivity index (χ1v) is 7.45. The Hall–Kier alpha value is -1.59. The van der Waals surface area contributed by atoms with Crippen LogP contribution in [-0.4, -0.2) is 16.2 Å². The van der Waals surface area contributed by atoms with E-state index >= 15 is 0 Å². The van der Waals surface area contributed by atoms with Gasteiger partial charge in [0.25, 0.3) is 5.56 Å². The van der Waals surface area contributed by atoms with Crippen molar-refractivity contribution in [3.8, 4) is 10.7 Å². The zero-order chi connectivity index (χ0) is 12.5. The smallest absolute Gasteiger partial charge is 0.259 e. The van der Waals surface area contributed by atoms with Gasteiger partial charge in [-0.25, -0.2) is 4.98 Å². The van der Waals surface area contributed by atoms with Gasteiger partial charge < -0.3 is 4.98 Å². The molecule has 0 atom stereocenters. The SMILES string of the molecule is CSc1ccc(-c2nc3ccccc3c(=O)[nH]2)s1. The summed E-state index contributed by atoms with van der Waals surface area (Å²) in [4.78, 5) is 20.3. The molecular formula is C13H10N2OS2. The molecule has 90 valence electrons. The van der Waals surface area contributed by atoms with Gasteiger partial charge in [0.15, 0.2) is 5.82 Å². The largest absolute Gasteiger partial charge is 0.305 e. The number of hydrogen-bond donors (Lipinski definition) is 1. The van der Waals surface area contributed by atoms with Gasteiger partial charge in [0.1, 0.15) is 0 Å². The van der Waals surface area contributed by atoms with Crippen LogP contribution in [0.25, 0.3) is 21.6 Å². The number of benzene rings is 1. The summed E-state index contributed by atoms with van der Waals surface area (Å²) in [5, 5.41) is 0.628. The second-order valence-corrected chi connectivity index (χ2v) is 5.94. The number of fused-ring (bicyclic) bond motifs is 1. The van der Waals surface area contributed by atoms with E-state index in [0.717, 1.165) is 10.4 Å². The van der Waals surface area contributed by atoms with Crippen molar-refractivity contribution in [3.63, 3.8) is 0 Å². The van der Waals surface area contributed by atoms with E-state index in [0.29, 0.717) is 11.2 Å². The minimum atomic E-state index is -0.0882. The third kappa shape index (κ3) is 1.95. The molecule has 5 heteroatoms. The molecule has 0 saturated carbocycles. The van der Waals surface area contributed by atoms with E-state index < -0.39 is 0 Å². The van der Waals surface area contributed by atoms with Gasteiger partial charge in [-0.15, -0.1) is 23.1 Å². The second kappa shape index (κ2) is 4.59. The van der Waals surface area contributed by atoms with Gasteiger partial charge in [0, 0.05) is 0 Å². The molecule has 0 saturated heterocycles. The third-order valence-electron chi connectivity index (χ3n) is 2.63. The minimum absolute atomic E-state index is 0.0882. The molecule has 0 radical (unpaired) electrons. The van der Waals surface area contributed by atoms with Crippen LogP contribution in [0.15, 0.2) is 45.4 Å². The van der Waals surface area contributed by atoms with Crippen LogP contribution in [0.1, 0.15) is 0 Å². The Labute approximate surface area is 112 Å². The van der Waals surface area contributed by atoms with Crippen molar-refractivity contribution in [2.45, 2.75) is 4.21 Å². The van der Waals surface area contributed by atoms with E-state index in [4.69, 9.17) is 0 Å². The number of nitrogens with one attached hydrogen (secondary N) is 1. The van der Waals surface area contributed by atoms with Gasteiger partial charge in [0.05, 0.1) is 20.0 Å². The highest BCUT2D eigenvalue weighted by Crippen LogP contribution is 2.30. The van der Waals surface area contributed by atoms with Gasteiger partial charge in [-0.1, -0.05) is 12.1 Å². The highest BCUT2D eigenvalue weighted by molar-refractivity contribution is 8.00. The van der Waals surface area contributed by atoms with E-state index in [2.05, 4.69) is 9.97 Å². The summed E-state index contributed by atoms with van der Waals surface area (Å²) in [6.07, 6.45) is 2.03. The van der Waals surface area contributed by atoms with E-state index in [9.17, 15) is 4.79 Å². The number of aromatic amines is 1. The van der Waals surface area contributed by atoms with Crippen molar-refractivity contribution in [3.05, 3.63) is 46.8 Å². The van der Waals surface area contributed by atoms with Crippen LogP contribution in [0.5, 0.6) is 0 Å². The first-order chi connectivity index (χ1) is 8.78. The van der Waals surface area contributed by atoms with Crippen molar-refractivity contribution in [1.29, 1.82) is 0 Å². The van der Waals surface area contributed by atoms with Gasteiger partial charge >= 0.3 is 0 Å². The second-order valence-electron chi connectivity index (χ2n) is 3.75. The molecule has 2 heterocycles. The Morgan fingerprint density at radius 3 is 2.83 bits per heavy atom. The standard InChI is InChI=1S/C13H10N2OS2/c1-17-11-7-6-10(18-11)12-14-9-5-3-2-4-8(9)13(16)15-12/h2-7H,1H3,(H,14,15,16).